The lowest BCUT2D eigenvalue weighted by Gasteiger charge is -2.12. The van der Waals surface area contributed by atoms with Gasteiger partial charge in [0.1, 0.15) is 0 Å². The van der Waals surface area contributed by atoms with Gasteiger partial charge in [-0.2, -0.15) is 0 Å². The fraction of sp³-hybridized carbons (Fsp3) is 0.235. The molecule has 0 unspecified atom stereocenters. The molecule has 0 fully saturated rings. The molecule has 0 heterocycles. The summed E-state index contributed by atoms with van der Waals surface area (Å²) in [4.78, 5) is 11.6. The highest BCUT2D eigenvalue weighted by molar-refractivity contribution is 7.92. The Morgan fingerprint density at radius 3 is 2.35 bits per heavy atom. The van der Waals surface area contributed by atoms with E-state index in [-0.39, 0.29) is 10.8 Å². The van der Waals surface area contributed by atoms with Crippen LogP contribution in [-0.2, 0) is 21.2 Å². The lowest BCUT2D eigenvalue weighted by atomic mass is 10.1. The molecule has 6 heteroatoms. The molecule has 0 aromatic heterocycles. The lowest BCUT2D eigenvalue weighted by molar-refractivity contribution is -0.120. The summed E-state index contributed by atoms with van der Waals surface area (Å²) in [5, 5.41) is 2.56. The molecular weight excluding hydrogens is 312 g/mol. The molecule has 0 saturated carbocycles. The van der Waals surface area contributed by atoms with Crippen LogP contribution in [0.4, 0.5) is 5.69 Å². The maximum absolute atomic E-state index is 12.5. The van der Waals surface area contributed by atoms with Crippen LogP contribution in [0.2, 0.25) is 0 Å². The van der Waals surface area contributed by atoms with Crippen molar-refractivity contribution in [3.8, 4) is 0 Å². The quantitative estimate of drug-likeness (QED) is 0.853. The Labute approximate surface area is 136 Å². The summed E-state index contributed by atoms with van der Waals surface area (Å²) in [5.74, 6) is -0.0822. The number of anilines is 1. The van der Waals surface area contributed by atoms with Gasteiger partial charge in [-0.1, -0.05) is 35.9 Å². The molecule has 1 amide bonds. The number of hydrogen-bond acceptors (Lipinski definition) is 3. The molecule has 2 aromatic carbocycles. The van der Waals surface area contributed by atoms with Gasteiger partial charge in [-0.25, -0.2) is 8.42 Å². The van der Waals surface area contributed by atoms with Crippen LogP contribution in [0, 0.1) is 6.92 Å². The van der Waals surface area contributed by atoms with Crippen molar-refractivity contribution >= 4 is 21.6 Å². The summed E-state index contributed by atoms with van der Waals surface area (Å²) in [5.41, 5.74) is 2.28. The standard InChI is InChI=1S/C17H20N2O3S/c1-13-7-10-15(11-8-13)23(21,22)19-16-6-4-3-5-14(16)9-12-17(20)18-2/h3-8,10-11,19H,9,12H2,1-2H3,(H,18,20). The van der Waals surface area contributed by atoms with Crippen LogP contribution in [0.5, 0.6) is 0 Å². The number of aryl methyl sites for hydroxylation is 2. The molecule has 0 aliphatic rings. The monoisotopic (exact) mass is 332 g/mol. The van der Waals surface area contributed by atoms with Gasteiger partial charge in [-0.3, -0.25) is 9.52 Å². The Balaban J connectivity index is 2.22. The maximum Gasteiger partial charge on any atom is 0.261 e. The summed E-state index contributed by atoms with van der Waals surface area (Å²) < 4.78 is 27.5. The van der Waals surface area contributed by atoms with Crippen molar-refractivity contribution in [3.05, 3.63) is 59.7 Å². The van der Waals surface area contributed by atoms with Crippen molar-refractivity contribution in [2.75, 3.05) is 11.8 Å². The van der Waals surface area contributed by atoms with E-state index in [4.69, 9.17) is 0 Å². The number of sulfonamides is 1. The third-order valence-electron chi connectivity index (χ3n) is 3.49. The van der Waals surface area contributed by atoms with Crippen molar-refractivity contribution in [2.45, 2.75) is 24.7 Å². The molecule has 0 radical (unpaired) electrons. The molecule has 0 saturated heterocycles. The summed E-state index contributed by atoms with van der Waals surface area (Å²) in [6, 6.07) is 13.8. The highest BCUT2D eigenvalue weighted by atomic mass is 32.2. The van der Waals surface area contributed by atoms with E-state index in [0.717, 1.165) is 11.1 Å². The van der Waals surface area contributed by atoms with E-state index in [2.05, 4.69) is 10.0 Å². The molecule has 2 rings (SSSR count). The Hall–Kier alpha value is -2.34. The van der Waals surface area contributed by atoms with Crippen LogP contribution in [0.1, 0.15) is 17.5 Å². The van der Waals surface area contributed by atoms with E-state index < -0.39 is 10.0 Å². The first kappa shape index (κ1) is 17.0. The largest absolute Gasteiger partial charge is 0.359 e. The van der Waals surface area contributed by atoms with Gasteiger partial charge in [-0.05, 0) is 37.1 Å². The molecule has 122 valence electrons. The zero-order valence-electron chi connectivity index (χ0n) is 13.2. The van der Waals surface area contributed by atoms with Crippen molar-refractivity contribution in [1.82, 2.24) is 5.32 Å². The van der Waals surface area contributed by atoms with E-state index in [1.54, 1.807) is 43.4 Å². The molecule has 2 aromatic rings. The van der Waals surface area contributed by atoms with E-state index in [9.17, 15) is 13.2 Å². The van der Waals surface area contributed by atoms with Gasteiger partial charge in [0.2, 0.25) is 5.91 Å². The van der Waals surface area contributed by atoms with Crippen molar-refractivity contribution in [1.29, 1.82) is 0 Å². The topological polar surface area (TPSA) is 75.3 Å². The number of benzene rings is 2. The zero-order chi connectivity index (χ0) is 16.9. The second kappa shape index (κ2) is 7.28. The number of hydrogen-bond donors (Lipinski definition) is 2. The van der Waals surface area contributed by atoms with Gasteiger partial charge in [0.05, 0.1) is 10.6 Å². The van der Waals surface area contributed by atoms with Gasteiger partial charge < -0.3 is 5.32 Å². The molecule has 0 spiro atoms. The molecule has 0 aliphatic heterocycles. The van der Waals surface area contributed by atoms with Crippen LogP contribution in [0.3, 0.4) is 0 Å². The fourth-order valence-electron chi connectivity index (χ4n) is 2.13. The SMILES string of the molecule is CNC(=O)CCc1ccccc1NS(=O)(=O)c1ccc(C)cc1. The van der Waals surface area contributed by atoms with Crippen molar-refractivity contribution in [3.63, 3.8) is 0 Å². The summed E-state index contributed by atoms with van der Waals surface area (Å²) in [6.45, 7) is 1.90. The number of nitrogens with one attached hydrogen (secondary N) is 2. The minimum atomic E-state index is -3.65. The average molecular weight is 332 g/mol. The normalized spacial score (nSPS) is 11.0. The van der Waals surface area contributed by atoms with Crippen molar-refractivity contribution in [2.24, 2.45) is 0 Å². The highest BCUT2D eigenvalue weighted by Crippen LogP contribution is 2.21. The Bertz CT molecular complexity index is 784. The fourth-order valence-corrected chi connectivity index (χ4v) is 3.23. The van der Waals surface area contributed by atoms with Gasteiger partial charge in [0.25, 0.3) is 10.0 Å². The number of amides is 1. The third kappa shape index (κ3) is 4.56. The van der Waals surface area contributed by atoms with Crippen LogP contribution in [0.25, 0.3) is 0 Å². The van der Waals surface area contributed by atoms with Gasteiger partial charge in [-0.15, -0.1) is 0 Å². The summed E-state index contributed by atoms with van der Waals surface area (Å²) >= 11 is 0. The number of carbonyl (C=O) groups excluding carboxylic acids is 1. The van der Waals surface area contributed by atoms with Gasteiger partial charge in [0, 0.05) is 13.5 Å². The first-order chi connectivity index (χ1) is 10.9. The first-order valence-corrected chi connectivity index (χ1v) is 8.78. The molecule has 5 nitrogen and oxygen atoms in total. The van der Waals surface area contributed by atoms with E-state index in [0.29, 0.717) is 18.5 Å². The van der Waals surface area contributed by atoms with E-state index >= 15 is 0 Å². The summed E-state index contributed by atoms with van der Waals surface area (Å²) in [6.07, 6.45) is 0.770. The molecular formula is C17H20N2O3S. The zero-order valence-corrected chi connectivity index (χ0v) is 14.0. The van der Waals surface area contributed by atoms with Crippen LogP contribution < -0.4 is 10.0 Å². The Morgan fingerprint density at radius 1 is 1.04 bits per heavy atom. The van der Waals surface area contributed by atoms with Gasteiger partial charge in [0.15, 0.2) is 0 Å². The summed E-state index contributed by atoms with van der Waals surface area (Å²) in [7, 11) is -2.07. The molecule has 0 bridgehead atoms. The molecule has 0 atom stereocenters. The minimum Gasteiger partial charge on any atom is -0.359 e. The molecule has 2 N–H and O–H groups in total. The maximum atomic E-state index is 12.5. The average Bonchev–Trinajstić information content (AvgIpc) is 2.53. The van der Waals surface area contributed by atoms with Gasteiger partial charge >= 0.3 is 0 Å². The predicted molar refractivity (Wildman–Crippen MR) is 90.8 cm³/mol. The number of carbonyl (C=O) groups is 1. The smallest absolute Gasteiger partial charge is 0.261 e. The Kier molecular flexibility index (Phi) is 5.39. The Morgan fingerprint density at radius 2 is 1.70 bits per heavy atom. The third-order valence-corrected chi connectivity index (χ3v) is 4.87. The number of para-hydroxylation sites is 1. The van der Waals surface area contributed by atoms with Crippen LogP contribution in [-0.4, -0.2) is 21.4 Å². The molecule has 0 aliphatic carbocycles. The van der Waals surface area contributed by atoms with E-state index in [1.165, 1.54) is 0 Å². The predicted octanol–water partition coefficient (Wildman–Crippen LogP) is 2.47. The highest BCUT2D eigenvalue weighted by Gasteiger charge is 2.15. The second-order valence-corrected chi connectivity index (χ2v) is 6.93. The molecule has 23 heavy (non-hydrogen) atoms. The lowest BCUT2D eigenvalue weighted by Crippen LogP contribution is -2.19. The van der Waals surface area contributed by atoms with Crippen LogP contribution in [0.15, 0.2) is 53.4 Å². The number of rotatable bonds is 6. The second-order valence-electron chi connectivity index (χ2n) is 5.25. The van der Waals surface area contributed by atoms with Crippen LogP contribution >= 0.6 is 0 Å². The van der Waals surface area contributed by atoms with E-state index in [1.807, 2.05) is 19.1 Å². The van der Waals surface area contributed by atoms with Crippen molar-refractivity contribution < 1.29 is 13.2 Å². The minimum absolute atomic E-state index is 0.0822. The first-order valence-electron chi connectivity index (χ1n) is 7.30.